The van der Waals surface area contributed by atoms with Gasteiger partial charge in [-0.25, -0.2) is 0 Å². The monoisotopic (exact) mass is 327 g/mol. The molecule has 0 fully saturated rings. The van der Waals surface area contributed by atoms with Crippen molar-refractivity contribution in [1.29, 1.82) is 0 Å². The molecule has 0 aliphatic rings. The molecule has 0 spiro atoms. The summed E-state index contributed by atoms with van der Waals surface area (Å²) in [5.41, 5.74) is 3.96. The van der Waals surface area contributed by atoms with Crippen molar-refractivity contribution in [3.05, 3.63) is 58.7 Å². The molecule has 0 aliphatic carbocycles. The highest BCUT2D eigenvalue weighted by Crippen LogP contribution is 2.20. The van der Waals surface area contributed by atoms with Crippen LogP contribution < -0.4 is 9.47 Å². The fraction of sp³-hybridized carbons (Fsp3) is 0.350. The summed E-state index contributed by atoms with van der Waals surface area (Å²) in [5.74, 6) is 1.52. The van der Waals surface area contributed by atoms with Crippen LogP contribution in [-0.4, -0.2) is 38.1 Å². The van der Waals surface area contributed by atoms with E-state index in [9.17, 15) is 4.79 Å². The molecule has 0 unspecified atom stereocenters. The molecule has 24 heavy (non-hydrogen) atoms. The number of amides is 1. The molecule has 0 heterocycles. The zero-order valence-electron chi connectivity index (χ0n) is 15.1. The smallest absolute Gasteiger partial charge is 0.253 e. The summed E-state index contributed by atoms with van der Waals surface area (Å²) in [4.78, 5) is 14.1. The van der Waals surface area contributed by atoms with Gasteiger partial charge in [0.15, 0.2) is 0 Å². The van der Waals surface area contributed by atoms with Crippen LogP contribution in [0.15, 0.2) is 36.4 Å². The second-order valence-electron chi connectivity index (χ2n) is 6.08. The first kappa shape index (κ1) is 17.9. The molecular formula is C20H25NO3. The van der Waals surface area contributed by atoms with E-state index in [2.05, 4.69) is 6.07 Å². The molecular weight excluding hydrogens is 302 g/mol. The van der Waals surface area contributed by atoms with Crippen molar-refractivity contribution >= 4 is 5.91 Å². The number of rotatable bonds is 6. The van der Waals surface area contributed by atoms with Gasteiger partial charge in [-0.05, 0) is 61.7 Å². The lowest BCUT2D eigenvalue weighted by Crippen LogP contribution is -2.30. The SMILES string of the molecule is COc1cc(C(=O)N(C)CCOc2cc(C)cc(C)c2)ccc1C. The van der Waals surface area contributed by atoms with Crippen molar-refractivity contribution in [2.45, 2.75) is 20.8 Å². The second-order valence-corrected chi connectivity index (χ2v) is 6.08. The van der Waals surface area contributed by atoms with Crippen molar-refractivity contribution in [1.82, 2.24) is 4.90 Å². The van der Waals surface area contributed by atoms with E-state index in [1.54, 1.807) is 25.1 Å². The Morgan fingerprint density at radius 3 is 2.33 bits per heavy atom. The average molecular weight is 327 g/mol. The van der Waals surface area contributed by atoms with Gasteiger partial charge in [-0.1, -0.05) is 12.1 Å². The summed E-state index contributed by atoms with van der Waals surface area (Å²) in [5, 5.41) is 0. The van der Waals surface area contributed by atoms with E-state index in [1.807, 2.05) is 45.0 Å². The van der Waals surface area contributed by atoms with Gasteiger partial charge in [0.1, 0.15) is 18.1 Å². The van der Waals surface area contributed by atoms with E-state index in [0.29, 0.717) is 18.7 Å². The Bertz CT molecular complexity index is 705. The van der Waals surface area contributed by atoms with Crippen LogP contribution in [0.5, 0.6) is 11.5 Å². The predicted molar refractivity (Wildman–Crippen MR) is 96.1 cm³/mol. The second kappa shape index (κ2) is 7.86. The maximum atomic E-state index is 12.5. The van der Waals surface area contributed by atoms with Gasteiger partial charge < -0.3 is 14.4 Å². The summed E-state index contributed by atoms with van der Waals surface area (Å²) in [7, 11) is 3.39. The van der Waals surface area contributed by atoms with Crippen LogP contribution in [0.3, 0.4) is 0 Å². The van der Waals surface area contributed by atoms with Gasteiger partial charge in [0.2, 0.25) is 0 Å². The largest absolute Gasteiger partial charge is 0.496 e. The number of likely N-dealkylation sites (N-methyl/N-ethyl adjacent to an activating group) is 1. The van der Waals surface area contributed by atoms with Gasteiger partial charge in [0, 0.05) is 12.6 Å². The Labute approximate surface area is 144 Å². The number of hydrogen-bond acceptors (Lipinski definition) is 3. The van der Waals surface area contributed by atoms with Gasteiger partial charge in [-0.15, -0.1) is 0 Å². The molecule has 0 saturated carbocycles. The molecule has 0 saturated heterocycles. The van der Waals surface area contributed by atoms with Crippen molar-refractivity contribution in [3.8, 4) is 11.5 Å². The molecule has 2 aromatic carbocycles. The third-order valence-electron chi connectivity index (χ3n) is 3.89. The minimum absolute atomic E-state index is 0.0441. The molecule has 2 aromatic rings. The van der Waals surface area contributed by atoms with Crippen LogP contribution in [0.4, 0.5) is 0 Å². The zero-order valence-corrected chi connectivity index (χ0v) is 15.1. The molecule has 0 bridgehead atoms. The lowest BCUT2D eigenvalue weighted by molar-refractivity contribution is 0.0773. The fourth-order valence-corrected chi connectivity index (χ4v) is 2.59. The van der Waals surface area contributed by atoms with Crippen LogP contribution in [0.1, 0.15) is 27.0 Å². The molecule has 4 heteroatoms. The molecule has 128 valence electrons. The Kier molecular flexibility index (Phi) is 5.85. The standard InChI is InChI=1S/C20H25NO3/c1-14-10-15(2)12-18(11-14)24-9-8-21(4)20(22)17-7-6-16(3)19(13-17)23-5/h6-7,10-13H,8-9H2,1-5H3. The molecule has 0 radical (unpaired) electrons. The maximum absolute atomic E-state index is 12.5. The van der Waals surface area contributed by atoms with Gasteiger partial charge in [0.25, 0.3) is 5.91 Å². The van der Waals surface area contributed by atoms with Gasteiger partial charge >= 0.3 is 0 Å². The third kappa shape index (κ3) is 4.51. The van der Waals surface area contributed by atoms with E-state index in [4.69, 9.17) is 9.47 Å². The third-order valence-corrected chi connectivity index (χ3v) is 3.89. The highest BCUT2D eigenvalue weighted by Gasteiger charge is 2.13. The Morgan fingerprint density at radius 2 is 1.71 bits per heavy atom. The number of carbonyl (C=O) groups is 1. The summed E-state index contributed by atoms with van der Waals surface area (Å²) in [6.45, 7) is 7.01. The van der Waals surface area contributed by atoms with Gasteiger partial charge in [-0.3, -0.25) is 4.79 Å². The lowest BCUT2D eigenvalue weighted by Gasteiger charge is -2.18. The number of benzene rings is 2. The molecule has 0 aliphatic heterocycles. The number of nitrogens with zero attached hydrogens (tertiary/aromatic N) is 1. The highest BCUT2D eigenvalue weighted by molar-refractivity contribution is 5.94. The van der Waals surface area contributed by atoms with E-state index in [-0.39, 0.29) is 5.91 Å². The van der Waals surface area contributed by atoms with Crippen molar-refractivity contribution in [2.75, 3.05) is 27.3 Å². The Hall–Kier alpha value is -2.49. The quantitative estimate of drug-likeness (QED) is 0.810. The summed E-state index contributed by atoms with van der Waals surface area (Å²) >= 11 is 0. The van der Waals surface area contributed by atoms with E-state index < -0.39 is 0 Å². The molecule has 0 N–H and O–H groups in total. The minimum Gasteiger partial charge on any atom is -0.496 e. The van der Waals surface area contributed by atoms with Crippen LogP contribution >= 0.6 is 0 Å². The van der Waals surface area contributed by atoms with Crippen LogP contribution in [0.25, 0.3) is 0 Å². The predicted octanol–water partition coefficient (Wildman–Crippen LogP) is 3.77. The number of ether oxygens (including phenoxy) is 2. The van der Waals surface area contributed by atoms with Gasteiger partial charge in [0.05, 0.1) is 13.7 Å². The fourth-order valence-electron chi connectivity index (χ4n) is 2.59. The topological polar surface area (TPSA) is 38.8 Å². The normalized spacial score (nSPS) is 10.4. The minimum atomic E-state index is -0.0441. The zero-order chi connectivity index (χ0) is 17.7. The summed E-state index contributed by atoms with van der Waals surface area (Å²) < 4.78 is 11.1. The summed E-state index contributed by atoms with van der Waals surface area (Å²) in [6, 6.07) is 11.6. The van der Waals surface area contributed by atoms with Crippen molar-refractivity contribution in [3.63, 3.8) is 0 Å². The van der Waals surface area contributed by atoms with Crippen LogP contribution in [0, 0.1) is 20.8 Å². The first-order valence-corrected chi connectivity index (χ1v) is 8.02. The Morgan fingerprint density at radius 1 is 1.04 bits per heavy atom. The molecule has 0 atom stereocenters. The average Bonchev–Trinajstić information content (AvgIpc) is 2.53. The van der Waals surface area contributed by atoms with E-state index in [0.717, 1.165) is 17.1 Å². The van der Waals surface area contributed by atoms with E-state index >= 15 is 0 Å². The molecule has 1 amide bonds. The first-order chi connectivity index (χ1) is 11.4. The van der Waals surface area contributed by atoms with Crippen molar-refractivity contribution in [2.24, 2.45) is 0 Å². The molecule has 0 aromatic heterocycles. The van der Waals surface area contributed by atoms with Crippen molar-refractivity contribution < 1.29 is 14.3 Å². The molecule has 4 nitrogen and oxygen atoms in total. The number of hydrogen-bond donors (Lipinski definition) is 0. The molecule has 2 rings (SSSR count). The highest BCUT2D eigenvalue weighted by atomic mass is 16.5. The summed E-state index contributed by atoms with van der Waals surface area (Å²) in [6.07, 6.45) is 0. The van der Waals surface area contributed by atoms with Crippen LogP contribution in [0.2, 0.25) is 0 Å². The Balaban J connectivity index is 1.94. The number of methoxy groups -OCH3 is 1. The van der Waals surface area contributed by atoms with E-state index in [1.165, 1.54) is 11.1 Å². The maximum Gasteiger partial charge on any atom is 0.253 e. The number of carbonyl (C=O) groups excluding carboxylic acids is 1. The van der Waals surface area contributed by atoms with Crippen LogP contribution in [-0.2, 0) is 0 Å². The lowest BCUT2D eigenvalue weighted by atomic mass is 10.1. The number of aryl methyl sites for hydroxylation is 3. The first-order valence-electron chi connectivity index (χ1n) is 8.02. The van der Waals surface area contributed by atoms with Gasteiger partial charge in [-0.2, -0.15) is 0 Å².